The average molecular weight is 547 g/mol. The minimum atomic E-state index is -5.18. The SMILES string of the molecule is Cn1nc(-c2cc(C(F)(F)F)c(F)c(O)c2F)c2cnc(N3CCN(S(C)(=O)=O)C[C@@H]3CC3CC3)nc21. The molecule has 200 valence electrons. The van der Waals surface area contributed by atoms with E-state index in [1.165, 1.54) is 22.2 Å². The molecule has 1 aliphatic carbocycles. The third-order valence-corrected chi connectivity index (χ3v) is 8.05. The summed E-state index contributed by atoms with van der Waals surface area (Å²) in [7, 11) is -1.93. The Morgan fingerprint density at radius 2 is 1.86 bits per heavy atom. The van der Waals surface area contributed by atoms with Crippen molar-refractivity contribution in [2.75, 3.05) is 30.8 Å². The number of phenols is 1. The second kappa shape index (κ2) is 8.75. The first-order valence-corrected chi connectivity index (χ1v) is 13.3. The van der Waals surface area contributed by atoms with Gasteiger partial charge in [-0.2, -0.15) is 27.6 Å². The Hall–Kier alpha value is -3.07. The van der Waals surface area contributed by atoms with E-state index in [2.05, 4.69) is 15.1 Å². The molecule has 3 heterocycles. The second-order valence-electron chi connectivity index (χ2n) is 9.47. The second-order valence-corrected chi connectivity index (χ2v) is 11.5. The van der Waals surface area contributed by atoms with Crippen LogP contribution in [0.1, 0.15) is 24.8 Å². The summed E-state index contributed by atoms with van der Waals surface area (Å²) in [6.07, 6.45) is 0.138. The van der Waals surface area contributed by atoms with Crippen molar-refractivity contribution in [3.05, 3.63) is 29.5 Å². The third-order valence-electron chi connectivity index (χ3n) is 6.78. The molecule has 0 unspecified atom stereocenters. The summed E-state index contributed by atoms with van der Waals surface area (Å²) in [4.78, 5) is 10.8. The molecule has 1 atom stereocenters. The van der Waals surface area contributed by atoms with E-state index in [1.54, 1.807) is 0 Å². The maximum Gasteiger partial charge on any atom is 0.419 e. The predicted octanol–water partition coefficient (Wildman–Crippen LogP) is 3.28. The summed E-state index contributed by atoms with van der Waals surface area (Å²) in [6.45, 7) is 0.835. The first kappa shape index (κ1) is 25.6. The number of fused-ring (bicyclic) bond motifs is 1. The quantitative estimate of drug-likeness (QED) is 0.490. The number of hydrogen-bond acceptors (Lipinski definition) is 7. The Balaban J connectivity index is 1.56. The van der Waals surface area contributed by atoms with Crippen LogP contribution in [0.3, 0.4) is 0 Å². The van der Waals surface area contributed by atoms with Crippen molar-refractivity contribution in [2.24, 2.45) is 13.0 Å². The molecule has 5 rings (SSSR count). The van der Waals surface area contributed by atoms with Crippen molar-refractivity contribution in [1.82, 2.24) is 24.1 Å². The van der Waals surface area contributed by atoms with Crippen LogP contribution in [0.15, 0.2) is 12.3 Å². The maximum absolute atomic E-state index is 14.7. The van der Waals surface area contributed by atoms with E-state index < -0.39 is 44.7 Å². The molecular weight excluding hydrogens is 523 g/mol. The molecule has 2 aromatic heterocycles. The van der Waals surface area contributed by atoms with Crippen molar-refractivity contribution in [1.29, 1.82) is 0 Å². The highest BCUT2D eigenvalue weighted by Gasteiger charge is 2.39. The van der Waals surface area contributed by atoms with Crippen molar-refractivity contribution in [3.8, 4) is 17.0 Å². The van der Waals surface area contributed by atoms with Crippen LogP contribution in [-0.4, -0.2) is 69.5 Å². The molecule has 0 radical (unpaired) electrons. The summed E-state index contributed by atoms with van der Waals surface area (Å²) in [6, 6.07) is 0.0813. The van der Waals surface area contributed by atoms with Crippen LogP contribution in [0.5, 0.6) is 5.75 Å². The van der Waals surface area contributed by atoms with Crippen LogP contribution in [0.2, 0.25) is 0 Å². The highest BCUT2D eigenvalue weighted by atomic mass is 32.2. The van der Waals surface area contributed by atoms with E-state index in [4.69, 9.17) is 0 Å². The van der Waals surface area contributed by atoms with Crippen molar-refractivity contribution in [3.63, 3.8) is 0 Å². The van der Waals surface area contributed by atoms with E-state index in [1.807, 2.05) is 4.90 Å². The first-order chi connectivity index (χ1) is 17.3. The summed E-state index contributed by atoms with van der Waals surface area (Å²) < 4.78 is 95.4. The van der Waals surface area contributed by atoms with E-state index >= 15 is 0 Å². The van der Waals surface area contributed by atoms with Crippen LogP contribution in [0.4, 0.5) is 27.9 Å². The molecule has 0 amide bonds. The van der Waals surface area contributed by atoms with Crippen molar-refractivity contribution in [2.45, 2.75) is 31.5 Å². The number of sulfonamides is 1. The number of aromatic hydroxyl groups is 1. The number of anilines is 1. The Bertz CT molecular complexity index is 1490. The van der Waals surface area contributed by atoms with E-state index in [9.17, 15) is 35.5 Å². The van der Waals surface area contributed by atoms with Gasteiger partial charge in [0.2, 0.25) is 16.0 Å². The molecule has 2 aliphatic rings. The monoisotopic (exact) mass is 546 g/mol. The molecule has 15 heteroatoms. The number of phenolic OH excluding ortho intramolecular Hbond substituents is 1. The van der Waals surface area contributed by atoms with E-state index in [-0.39, 0.29) is 47.9 Å². The molecule has 3 aromatic rings. The minimum Gasteiger partial charge on any atom is -0.503 e. The van der Waals surface area contributed by atoms with Gasteiger partial charge in [-0.05, 0) is 18.4 Å². The van der Waals surface area contributed by atoms with Gasteiger partial charge in [0.05, 0.1) is 17.2 Å². The van der Waals surface area contributed by atoms with Crippen LogP contribution < -0.4 is 4.90 Å². The van der Waals surface area contributed by atoms with Gasteiger partial charge in [-0.15, -0.1) is 0 Å². The zero-order chi connectivity index (χ0) is 26.9. The van der Waals surface area contributed by atoms with Crippen molar-refractivity contribution < 1.29 is 35.5 Å². The molecule has 9 nitrogen and oxygen atoms in total. The lowest BCUT2D eigenvalue weighted by molar-refractivity contribution is -0.140. The summed E-state index contributed by atoms with van der Waals surface area (Å²) in [5.74, 6) is -4.69. The normalized spacial score (nSPS) is 19.6. The first-order valence-electron chi connectivity index (χ1n) is 11.5. The number of aromatic nitrogens is 4. The Kier molecular flexibility index (Phi) is 6.05. The molecule has 1 aromatic carbocycles. The fourth-order valence-electron chi connectivity index (χ4n) is 4.70. The number of benzene rings is 1. The number of piperazine rings is 1. The lowest BCUT2D eigenvalue weighted by atomic mass is 10.0. The predicted molar refractivity (Wildman–Crippen MR) is 123 cm³/mol. The minimum absolute atomic E-state index is 0.0952. The third kappa shape index (κ3) is 4.69. The standard InChI is InChI=1S/C22H23F5N6O3S/c1-31-20-14(18(30-31)13-8-15(22(25,26)27)17(24)19(34)16(13)23)9-28-21(29-20)33-6-5-32(37(2,35)36)10-12(33)7-11-3-4-11/h8-9,11-12,34H,3-7,10H2,1-2H3/t12-/m0/s1. The lowest BCUT2D eigenvalue weighted by Crippen LogP contribution is -2.55. The summed E-state index contributed by atoms with van der Waals surface area (Å²) in [5.41, 5.74) is -2.70. The highest BCUT2D eigenvalue weighted by molar-refractivity contribution is 7.88. The van der Waals surface area contributed by atoms with Crippen LogP contribution in [-0.2, 0) is 23.2 Å². The van der Waals surface area contributed by atoms with Gasteiger partial charge in [0.25, 0.3) is 0 Å². The molecule has 1 saturated heterocycles. The fraction of sp³-hybridized carbons (Fsp3) is 0.500. The molecule has 1 N–H and O–H groups in total. The lowest BCUT2D eigenvalue weighted by Gasteiger charge is -2.40. The molecule has 0 spiro atoms. The van der Waals surface area contributed by atoms with Crippen LogP contribution >= 0.6 is 0 Å². The van der Waals surface area contributed by atoms with Gasteiger partial charge in [0.15, 0.2) is 23.0 Å². The molecule has 2 fully saturated rings. The van der Waals surface area contributed by atoms with Gasteiger partial charge in [-0.1, -0.05) is 12.8 Å². The number of aryl methyl sites for hydroxylation is 1. The number of rotatable bonds is 5. The van der Waals surface area contributed by atoms with Gasteiger partial charge in [-0.3, -0.25) is 0 Å². The molecule has 37 heavy (non-hydrogen) atoms. The highest BCUT2D eigenvalue weighted by Crippen LogP contribution is 2.42. The van der Waals surface area contributed by atoms with E-state index in [0.29, 0.717) is 12.5 Å². The van der Waals surface area contributed by atoms with Gasteiger partial charge in [-0.25, -0.2) is 26.9 Å². The summed E-state index contributed by atoms with van der Waals surface area (Å²) in [5, 5.41) is 13.9. The Morgan fingerprint density at radius 3 is 2.49 bits per heavy atom. The number of alkyl halides is 3. The number of halogens is 5. The molecular formula is C22H23F5N6O3S. The summed E-state index contributed by atoms with van der Waals surface area (Å²) >= 11 is 0. The zero-order valence-electron chi connectivity index (χ0n) is 19.8. The van der Waals surface area contributed by atoms with Crippen LogP contribution in [0.25, 0.3) is 22.3 Å². The van der Waals surface area contributed by atoms with Gasteiger partial charge in [0.1, 0.15) is 5.69 Å². The molecule has 1 aliphatic heterocycles. The Morgan fingerprint density at radius 1 is 1.16 bits per heavy atom. The number of nitrogens with zero attached hydrogens (tertiary/aromatic N) is 6. The molecule has 0 bridgehead atoms. The number of hydrogen-bond donors (Lipinski definition) is 1. The Labute approximate surface area is 208 Å². The zero-order valence-corrected chi connectivity index (χ0v) is 20.6. The largest absolute Gasteiger partial charge is 0.503 e. The average Bonchev–Trinajstić information content (AvgIpc) is 3.58. The van der Waals surface area contributed by atoms with E-state index in [0.717, 1.165) is 25.5 Å². The van der Waals surface area contributed by atoms with Crippen LogP contribution in [0, 0.1) is 17.6 Å². The topological polar surface area (TPSA) is 104 Å². The fourth-order valence-corrected chi connectivity index (χ4v) is 5.55. The molecule has 1 saturated carbocycles. The smallest absolute Gasteiger partial charge is 0.419 e. The maximum atomic E-state index is 14.7. The van der Waals surface area contributed by atoms with Crippen molar-refractivity contribution >= 4 is 27.0 Å². The van der Waals surface area contributed by atoms with Gasteiger partial charge in [0, 0.05) is 44.5 Å². The van der Waals surface area contributed by atoms with Gasteiger partial charge < -0.3 is 10.0 Å². The van der Waals surface area contributed by atoms with Gasteiger partial charge >= 0.3 is 6.18 Å².